The van der Waals surface area contributed by atoms with E-state index in [9.17, 15) is 9.59 Å². The Bertz CT molecular complexity index is 446. The molecular weight excluding hydrogens is 222 g/mol. The molecule has 17 heavy (non-hydrogen) atoms. The van der Waals surface area contributed by atoms with Crippen molar-refractivity contribution in [1.82, 2.24) is 5.32 Å². The lowest BCUT2D eigenvalue weighted by molar-refractivity contribution is 0.0698. The molecule has 6 nitrogen and oxygen atoms in total. The van der Waals surface area contributed by atoms with Crippen LogP contribution in [0.1, 0.15) is 17.3 Å². The van der Waals surface area contributed by atoms with Crippen LogP contribution in [0, 0.1) is 0 Å². The molecule has 92 valence electrons. The highest BCUT2D eigenvalue weighted by Gasteiger charge is 2.17. The monoisotopic (exact) mass is 237 g/mol. The van der Waals surface area contributed by atoms with Crippen molar-refractivity contribution in [3.8, 4) is 0 Å². The molecule has 0 saturated carbocycles. The molecule has 0 aliphatic carbocycles. The van der Waals surface area contributed by atoms with Crippen LogP contribution in [-0.2, 0) is 0 Å². The summed E-state index contributed by atoms with van der Waals surface area (Å²) in [5, 5.41) is 11.6. The molecule has 2 amide bonds. The van der Waals surface area contributed by atoms with E-state index >= 15 is 0 Å². The van der Waals surface area contributed by atoms with Gasteiger partial charge in [0, 0.05) is 19.3 Å². The maximum atomic E-state index is 11.6. The van der Waals surface area contributed by atoms with Gasteiger partial charge in [-0.05, 0) is 25.1 Å². The predicted molar refractivity (Wildman–Crippen MR) is 65.3 cm³/mol. The van der Waals surface area contributed by atoms with Crippen LogP contribution < -0.4 is 16.0 Å². The number of urea groups is 1. The van der Waals surface area contributed by atoms with Gasteiger partial charge in [-0.1, -0.05) is 0 Å². The van der Waals surface area contributed by atoms with E-state index in [1.807, 2.05) is 0 Å². The summed E-state index contributed by atoms with van der Waals surface area (Å²) in [6.07, 6.45) is 0. The van der Waals surface area contributed by atoms with Gasteiger partial charge in [-0.15, -0.1) is 0 Å². The standard InChI is InChI=1S/C11H15N3O3/c1-3-13-11(17)14(2)9-5-4-7(12)6-8(9)10(15)16/h4-6H,3,12H2,1-2H3,(H,13,17)(H,15,16). The van der Waals surface area contributed by atoms with E-state index in [0.29, 0.717) is 17.9 Å². The molecule has 0 radical (unpaired) electrons. The van der Waals surface area contributed by atoms with Gasteiger partial charge < -0.3 is 16.2 Å². The minimum Gasteiger partial charge on any atom is -0.478 e. The number of nitrogens with one attached hydrogen (secondary N) is 1. The summed E-state index contributed by atoms with van der Waals surface area (Å²) in [5.41, 5.74) is 6.16. The summed E-state index contributed by atoms with van der Waals surface area (Å²) in [7, 11) is 1.50. The Morgan fingerprint density at radius 3 is 2.65 bits per heavy atom. The van der Waals surface area contributed by atoms with Crippen molar-refractivity contribution in [3.05, 3.63) is 23.8 Å². The second-order valence-electron chi connectivity index (χ2n) is 3.48. The van der Waals surface area contributed by atoms with E-state index in [1.165, 1.54) is 24.1 Å². The van der Waals surface area contributed by atoms with Crippen molar-refractivity contribution in [3.63, 3.8) is 0 Å². The van der Waals surface area contributed by atoms with Crippen molar-refractivity contribution in [2.45, 2.75) is 6.92 Å². The van der Waals surface area contributed by atoms with E-state index in [4.69, 9.17) is 10.8 Å². The maximum Gasteiger partial charge on any atom is 0.337 e. The molecule has 0 unspecified atom stereocenters. The Balaban J connectivity index is 3.12. The number of anilines is 2. The van der Waals surface area contributed by atoms with Crippen molar-refractivity contribution >= 4 is 23.4 Å². The van der Waals surface area contributed by atoms with Crippen LogP contribution in [0.5, 0.6) is 0 Å². The number of carbonyl (C=O) groups excluding carboxylic acids is 1. The van der Waals surface area contributed by atoms with Crippen molar-refractivity contribution in [2.24, 2.45) is 0 Å². The normalized spacial score (nSPS) is 9.76. The van der Waals surface area contributed by atoms with Crippen LogP contribution in [0.2, 0.25) is 0 Å². The quantitative estimate of drug-likeness (QED) is 0.687. The number of nitrogens with two attached hydrogens (primary N) is 1. The number of hydrogen-bond donors (Lipinski definition) is 3. The minimum absolute atomic E-state index is 0.00115. The lowest BCUT2D eigenvalue weighted by Gasteiger charge is -2.19. The zero-order valence-corrected chi connectivity index (χ0v) is 9.73. The molecule has 0 aliphatic rings. The first-order chi connectivity index (χ1) is 7.97. The molecule has 0 atom stereocenters. The lowest BCUT2D eigenvalue weighted by atomic mass is 10.1. The van der Waals surface area contributed by atoms with Gasteiger partial charge in [0.2, 0.25) is 0 Å². The van der Waals surface area contributed by atoms with Crippen molar-refractivity contribution in [2.75, 3.05) is 24.2 Å². The van der Waals surface area contributed by atoms with E-state index < -0.39 is 5.97 Å². The predicted octanol–water partition coefficient (Wildman–Crippen LogP) is 1.13. The smallest absolute Gasteiger partial charge is 0.337 e. The van der Waals surface area contributed by atoms with Crippen molar-refractivity contribution < 1.29 is 14.7 Å². The Kier molecular flexibility index (Phi) is 3.92. The summed E-state index contributed by atoms with van der Waals surface area (Å²) in [4.78, 5) is 23.9. The number of carboxylic acid groups (broad SMARTS) is 1. The largest absolute Gasteiger partial charge is 0.478 e. The van der Waals surface area contributed by atoms with Gasteiger partial charge in [-0.2, -0.15) is 0 Å². The number of rotatable bonds is 3. The van der Waals surface area contributed by atoms with Crippen LogP contribution in [0.3, 0.4) is 0 Å². The number of carbonyl (C=O) groups is 2. The molecule has 4 N–H and O–H groups in total. The van der Waals surface area contributed by atoms with Crippen molar-refractivity contribution in [1.29, 1.82) is 0 Å². The van der Waals surface area contributed by atoms with Crippen LogP contribution >= 0.6 is 0 Å². The minimum atomic E-state index is -1.12. The number of benzene rings is 1. The average molecular weight is 237 g/mol. The summed E-state index contributed by atoms with van der Waals surface area (Å²) < 4.78 is 0. The molecule has 0 heterocycles. The lowest BCUT2D eigenvalue weighted by Crippen LogP contribution is -2.37. The van der Waals surface area contributed by atoms with Gasteiger partial charge in [0.05, 0.1) is 11.3 Å². The van der Waals surface area contributed by atoms with Gasteiger partial charge in [-0.3, -0.25) is 4.90 Å². The van der Waals surface area contributed by atoms with Crippen LogP contribution in [-0.4, -0.2) is 30.7 Å². The Morgan fingerprint density at radius 1 is 1.47 bits per heavy atom. The molecule has 0 aromatic heterocycles. The number of carboxylic acids is 1. The summed E-state index contributed by atoms with van der Waals surface area (Å²) >= 11 is 0. The third kappa shape index (κ3) is 2.87. The number of nitrogen functional groups attached to an aromatic ring is 1. The Morgan fingerprint density at radius 2 is 2.12 bits per heavy atom. The van der Waals surface area contributed by atoms with Crippen LogP contribution in [0.4, 0.5) is 16.2 Å². The number of hydrogen-bond acceptors (Lipinski definition) is 3. The van der Waals surface area contributed by atoms with Gasteiger partial charge in [0.15, 0.2) is 0 Å². The van der Waals surface area contributed by atoms with Gasteiger partial charge in [0.1, 0.15) is 0 Å². The maximum absolute atomic E-state index is 11.6. The molecule has 1 rings (SSSR count). The van der Waals surface area contributed by atoms with E-state index in [1.54, 1.807) is 13.0 Å². The molecule has 0 bridgehead atoms. The first-order valence-corrected chi connectivity index (χ1v) is 5.11. The fourth-order valence-electron chi connectivity index (χ4n) is 1.40. The average Bonchev–Trinajstić information content (AvgIpc) is 2.28. The molecular formula is C11H15N3O3. The SMILES string of the molecule is CCNC(=O)N(C)c1ccc(N)cc1C(=O)O. The fourth-order valence-corrected chi connectivity index (χ4v) is 1.40. The van der Waals surface area contributed by atoms with Crippen LogP contribution in [0.25, 0.3) is 0 Å². The first kappa shape index (κ1) is 12.8. The van der Waals surface area contributed by atoms with Gasteiger partial charge in [0.25, 0.3) is 0 Å². The molecule has 0 aliphatic heterocycles. The molecule has 0 spiro atoms. The van der Waals surface area contributed by atoms with Gasteiger partial charge in [-0.25, -0.2) is 9.59 Å². The highest BCUT2D eigenvalue weighted by molar-refractivity contribution is 6.01. The van der Waals surface area contributed by atoms with Crippen LogP contribution in [0.15, 0.2) is 18.2 Å². The zero-order chi connectivity index (χ0) is 13.0. The number of amides is 2. The molecule has 6 heteroatoms. The molecule has 0 saturated heterocycles. The second-order valence-corrected chi connectivity index (χ2v) is 3.48. The Hall–Kier alpha value is -2.24. The van der Waals surface area contributed by atoms with E-state index in [-0.39, 0.29) is 11.6 Å². The summed E-state index contributed by atoms with van der Waals surface area (Å²) in [6.45, 7) is 2.26. The molecule has 1 aromatic carbocycles. The van der Waals surface area contributed by atoms with E-state index in [0.717, 1.165) is 0 Å². The first-order valence-electron chi connectivity index (χ1n) is 5.11. The Labute approximate surface area is 99.0 Å². The molecule has 0 fully saturated rings. The van der Waals surface area contributed by atoms with Gasteiger partial charge >= 0.3 is 12.0 Å². The second kappa shape index (κ2) is 5.20. The topological polar surface area (TPSA) is 95.7 Å². The summed E-state index contributed by atoms with van der Waals surface area (Å²) in [6, 6.07) is 4.03. The third-order valence-corrected chi connectivity index (χ3v) is 2.25. The van der Waals surface area contributed by atoms with E-state index in [2.05, 4.69) is 5.32 Å². The fraction of sp³-hybridized carbons (Fsp3) is 0.273. The number of aromatic carboxylic acids is 1. The summed E-state index contributed by atoms with van der Waals surface area (Å²) in [5.74, 6) is -1.12. The highest BCUT2D eigenvalue weighted by atomic mass is 16.4. The highest BCUT2D eigenvalue weighted by Crippen LogP contribution is 2.22. The zero-order valence-electron chi connectivity index (χ0n) is 9.73. The third-order valence-electron chi connectivity index (χ3n) is 2.25. The number of nitrogens with zero attached hydrogens (tertiary/aromatic N) is 1. The molecule has 1 aromatic rings.